The number of nitrogens with zero attached hydrogens (tertiary/aromatic N) is 2. The smallest absolute Gasteiger partial charge is 0.270 e. The van der Waals surface area contributed by atoms with Gasteiger partial charge in [0.25, 0.3) is 11.6 Å². The Morgan fingerprint density at radius 1 is 1.21 bits per heavy atom. The second kappa shape index (κ2) is 8.67. The minimum atomic E-state index is -0.513. The molecule has 0 saturated heterocycles. The Kier molecular flexibility index (Phi) is 5.85. The van der Waals surface area contributed by atoms with Crippen molar-refractivity contribution < 1.29 is 14.1 Å². The molecule has 0 unspecified atom stereocenters. The van der Waals surface area contributed by atoms with Crippen LogP contribution in [0.15, 0.2) is 70.7 Å². The largest absolute Gasteiger partial charge is 0.457 e. The molecule has 7 heteroatoms. The zero-order chi connectivity index (χ0) is 20.8. The predicted octanol–water partition coefficient (Wildman–Crippen LogP) is 4.39. The predicted molar refractivity (Wildman–Crippen MR) is 107 cm³/mol. The van der Waals surface area contributed by atoms with Crippen LogP contribution in [0.2, 0.25) is 0 Å². The molecule has 0 fully saturated rings. The number of nitrogens with one attached hydrogen (secondary N) is 1. The van der Waals surface area contributed by atoms with Crippen molar-refractivity contribution in [3.63, 3.8) is 0 Å². The lowest BCUT2D eigenvalue weighted by Crippen LogP contribution is -2.23. The quantitative estimate of drug-likeness (QED) is 0.292. The molecule has 0 spiro atoms. The van der Waals surface area contributed by atoms with Crippen LogP contribution in [-0.2, 0) is 11.3 Å². The number of nitro benzene ring substituents is 1. The van der Waals surface area contributed by atoms with Crippen LogP contribution in [0.3, 0.4) is 0 Å². The Bertz CT molecular complexity index is 1120. The third kappa shape index (κ3) is 4.96. The first-order valence-electron chi connectivity index (χ1n) is 8.76. The molecule has 1 heterocycles. The Morgan fingerprint density at radius 2 is 1.97 bits per heavy atom. The van der Waals surface area contributed by atoms with E-state index in [4.69, 9.17) is 4.42 Å². The third-order valence-corrected chi connectivity index (χ3v) is 4.19. The summed E-state index contributed by atoms with van der Waals surface area (Å²) in [5.41, 5.74) is 2.42. The maximum atomic E-state index is 12.3. The van der Waals surface area contributed by atoms with E-state index in [0.717, 1.165) is 11.1 Å². The normalized spacial score (nSPS) is 11.0. The molecule has 1 N–H and O–H groups in total. The maximum Gasteiger partial charge on any atom is 0.270 e. The number of non-ortho nitro benzene ring substituents is 1. The van der Waals surface area contributed by atoms with Crippen molar-refractivity contribution >= 4 is 17.7 Å². The molecular weight excluding hydrogens is 370 g/mol. The summed E-state index contributed by atoms with van der Waals surface area (Å²) in [5.74, 6) is 0.187. The number of rotatable bonds is 6. The lowest BCUT2D eigenvalue weighted by atomic mass is 10.1. The van der Waals surface area contributed by atoms with Gasteiger partial charge in [0.05, 0.1) is 4.92 Å². The highest BCUT2D eigenvalue weighted by Gasteiger charge is 2.12. The van der Waals surface area contributed by atoms with Gasteiger partial charge >= 0.3 is 0 Å². The Labute approximate surface area is 167 Å². The molecule has 0 bridgehead atoms. The van der Waals surface area contributed by atoms with E-state index in [1.807, 2.05) is 37.3 Å². The van der Waals surface area contributed by atoms with Crippen LogP contribution >= 0.6 is 0 Å². The van der Waals surface area contributed by atoms with E-state index in [2.05, 4.69) is 5.32 Å². The zero-order valence-corrected chi connectivity index (χ0v) is 15.6. The van der Waals surface area contributed by atoms with Crippen molar-refractivity contribution in [3.8, 4) is 17.4 Å². The summed E-state index contributed by atoms with van der Waals surface area (Å²) in [6, 6.07) is 18.8. The lowest BCUT2D eigenvalue weighted by Gasteiger charge is -2.04. The van der Waals surface area contributed by atoms with Gasteiger partial charge in [-0.3, -0.25) is 14.9 Å². The van der Waals surface area contributed by atoms with Crippen LogP contribution in [0.25, 0.3) is 17.4 Å². The van der Waals surface area contributed by atoms with E-state index >= 15 is 0 Å². The number of furan rings is 1. The van der Waals surface area contributed by atoms with E-state index in [1.165, 1.54) is 18.2 Å². The fourth-order valence-electron chi connectivity index (χ4n) is 2.63. The Balaban J connectivity index is 1.73. The highest BCUT2D eigenvalue weighted by atomic mass is 16.6. The van der Waals surface area contributed by atoms with E-state index in [-0.39, 0.29) is 11.3 Å². The van der Waals surface area contributed by atoms with E-state index in [9.17, 15) is 20.2 Å². The van der Waals surface area contributed by atoms with Gasteiger partial charge in [-0.1, -0.05) is 42.0 Å². The summed E-state index contributed by atoms with van der Waals surface area (Å²) < 4.78 is 5.63. The monoisotopic (exact) mass is 387 g/mol. The fourth-order valence-corrected chi connectivity index (χ4v) is 2.63. The fraction of sp³-hybridized carbons (Fsp3) is 0.0909. The molecule has 3 aromatic rings. The van der Waals surface area contributed by atoms with Crippen LogP contribution < -0.4 is 5.32 Å². The molecular formula is C22H17N3O4. The van der Waals surface area contributed by atoms with Gasteiger partial charge in [-0.15, -0.1) is 0 Å². The number of nitriles is 1. The number of carbonyl (C=O) groups is 1. The summed E-state index contributed by atoms with van der Waals surface area (Å²) in [6.45, 7) is 2.28. The lowest BCUT2D eigenvalue weighted by molar-refractivity contribution is -0.384. The second-order valence-corrected chi connectivity index (χ2v) is 6.35. The first-order chi connectivity index (χ1) is 14.0. The molecule has 0 aliphatic heterocycles. The van der Waals surface area contributed by atoms with Gasteiger partial charge in [0.15, 0.2) is 0 Å². The van der Waals surface area contributed by atoms with E-state index < -0.39 is 10.8 Å². The van der Waals surface area contributed by atoms with Crippen molar-refractivity contribution in [3.05, 3.63) is 93.2 Å². The molecule has 2 aromatic carbocycles. The first kappa shape index (κ1) is 19.6. The molecule has 0 saturated carbocycles. The van der Waals surface area contributed by atoms with Crippen molar-refractivity contribution in [1.29, 1.82) is 5.26 Å². The van der Waals surface area contributed by atoms with Gasteiger partial charge < -0.3 is 9.73 Å². The molecule has 0 radical (unpaired) electrons. The van der Waals surface area contributed by atoms with Crippen LogP contribution in [0.1, 0.15) is 16.9 Å². The molecule has 0 aliphatic carbocycles. The standard InChI is InChI=1S/C22H17N3O4/c1-15-5-7-16(8-6-15)14-24-22(26)18(13-23)12-20-9-10-21(29-20)17-3-2-4-19(11-17)25(27)28/h2-12H,14H2,1H3,(H,24,26)/b18-12+. The van der Waals surface area contributed by atoms with E-state index in [0.29, 0.717) is 23.6 Å². The number of amides is 1. The first-order valence-corrected chi connectivity index (χ1v) is 8.76. The number of carbonyl (C=O) groups excluding carboxylic acids is 1. The molecule has 1 amide bonds. The SMILES string of the molecule is Cc1ccc(CNC(=O)/C(C#N)=C/c2ccc(-c3cccc([N+](=O)[O-])c3)o2)cc1. The maximum absolute atomic E-state index is 12.3. The van der Waals surface area contributed by atoms with Crippen LogP contribution in [0.4, 0.5) is 5.69 Å². The zero-order valence-electron chi connectivity index (χ0n) is 15.6. The Morgan fingerprint density at radius 3 is 2.66 bits per heavy atom. The number of nitro groups is 1. The van der Waals surface area contributed by atoms with Crippen molar-refractivity contribution in [2.75, 3.05) is 0 Å². The molecule has 3 rings (SSSR count). The van der Waals surface area contributed by atoms with Crippen molar-refractivity contribution in [2.24, 2.45) is 0 Å². The third-order valence-electron chi connectivity index (χ3n) is 4.19. The number of benzene rings is 2. The Hall–Kier alpha value is -4.18. The highest BCUT2D eigenvalue weighted by Crippen LogP contribution is 2.26. The number of hydrogen-bond donors (Lipinski definition) is 1. The van der Waals surface area contributed by atoms with Gasteiger partial charge in [-0.2, -0.15) is 5.26 Å². The molecule has 7 nitrogen and oxygen atoms in total. The minimum absolute atomic E-state index is 0.0517. The van der Waals surface area contributed by atoms with Crippen LogP contribution in [0.5, 0.6) is 0 Å². The molecule has 0 atom stereocenters. The molecule has 29 heavy (non-hydrogen) atoms. The average molecular weight is 387 g/mol. The summed E-state index contributed by atoms with van der Waals surface area (Å²) in [4.78, 5) is 22.7. The molecule has 144 valence electrons. The van der Waals surface area contributed by atoms with Gasteiger partial charge in [-0.05, 0) is 24.6 Å². The average Bonchev–Trinajstić information content (AvgIpc) is 3.20. The molecule has 1 aromatic heterocycles. The highest BCUT2D eigenvalue weighted by molar-refractivity contribution is 6.01. The number of hydrogen-bond acceptors (Lipinski definition) is 5. The van der Waals surface area contributed by atoms with Gasteiger partial charge in [-0.25, -0.2) is 0 Å². The topological polar surface area (TPSA) is 109 Å². The van der Waals surface area contributed by atoms with E-state index in [1.54, 1.807) is 24.3 Å². The minimum Gasteiger partial charge on any atom is -0.457 e. The van der Waals surface area contributed by atoms with Crippen molar-refractivity contribution in [2.45, 2.75) is 13.5 Å². The summed E-state index contributed by atoms with van der Waals surface area (Å²) in [6.07, 6.45) is 1.34. The van der Waals surface area contributed by atoms with Crippen molar-refractivity contribution in [1.82, 2.24) is 5.32 Å². The van der Waals surface area contributed by atoms with Crippen LogP contribution in [-0.4, -0.2) is 10.8 Å². The summed E-state index contributed by atoms with van der Waals surface area (Å²) in [7, 11) is 0. The summed E-state index contributed by atoms with van der Waals surface area (Å²) in [5, 5.41) is 22.9. The van der Waals surface area contributed by atoms with Crippen LogP contribution in [0, 0.1) is 28.4 Å². The van der Waals surface area contributed by atoms with Gasteiger partial charge in [0.2, 0.25) is 0 Å². The number of aryl methyl sites for hydroxylation is 1. The molecule has 0 aliphatic rings. The van der Waals surface area contributed by atoms with Gasteiger partial charge in [0, 0.05) is 30.3 Å². The van der Waals surface area contributed by atoms with Gasteiger partial charge in [0.1, 0.15) is 23.2 Å². The second-order valence-electron chi connectivity index (χ2n) is 6.35. The summed E-state index contributed by atoms with van der Waals surface area (Å²) >= 11 is 0.